The molecule has 0 bridgehead atoms. The van der Waals surface area contributed by atoms with E-state index in [1.807, 2.05) is 48.5 Å². The summed E-state index contributed by atoms with van der Waals surface area (Å²) in [5.74, 6) is -4.96. The summed E-state index contributed by atoms with van der Waals surface area (Å²) in [6.07, 6.45) is 2.96. The Morgan fingerprint density at radius 3 is 2.12 bits per heavy atom. The van der Waals surface area contributed by atoms with Crippen molar-refractivity contribution in [3.63, 3.8) is 0 Å². The van der Waals surface area contributed by atoms with Gasteiger partial charge < -0.3 is 47.3 Å². The average Bonchev–Trinajstić information content (AvgIpc) is 3.82. The molecule has 1 aliphatic heterocycles. The van der Waals surface area contributed by atoms with Gasteiger partial charge in [0, 0.05) is 31.3 Å². The molecule has 2 aliphatic rings. The summed E-state index contributed by atoms with van der Waals surface area (Å²) in [5, 5.41) is 28.1. The van der Waals surface area contributed by atoms with Crippen LogP contribution in [0.25, 0.3) is 11.1 Å². The molecule has 9 N–H and O–H groups in total. The first-order chi connectivity index (χ1) is 28.5. The zero-order chi connectivity index (χ0) is 44.0. The second-order valence-corrected chi connectivity index (χ2v) is 15.9. The van der Waals surface area contributed by atoms with E-state index in [1.54, 1.807) is 13.8 Å². The molecular formula is C44H59N7O9. The number of aliphatic hydroxyl groups is 1. The van der Waals surface area contributed by atoms with Gasteiger partial charge in [0.1, 0.15) is 24.7 Å². The van der Waals surface area contributed by atoms with Gasteiger partial charge in [0.15, 0.2) is 11.7 Å². The number of amides is 4. The van der Waals surface area contributed by atoms with Gasteiger partial charge in [0.2, 0.25) is 17.7 Å². The van der Waals surface area contributed by atoms with E-state index in [0.717, 1.165) is 22.3 Å². The number of aliphatic imine (C=N–C) groups is 1. The first-order valence-corrected chi connectivity index (χ1v) is 20.3. The van der Waals surface area contributed by atoms with Crippen molar-refractivity contribution in [3.05, 3.63) is 85.0 Å². The highest BCUT2D eigenvalue weighted by molar-refractivity contribution is 5.96. The lowest BCUT2D eigenvalue weighted by molar-refractivity contribution is -0.142. The van der Waals surface area contributed by atoms with Crippen LogP contribution in [-0.4, -0.2) is 106 Å². The minimum atomic E-state index is -1.27. The lowest BCUT2D eigenvalue weighted by Crippen LogP contribution is -2.55. The Balaban J connectivity index is 1.46. The van der Waals surface area contributed by atoms with Crippen LogP contribution < -0.4 is 27.4 Å². The second kappa shape index (κ2) is 21.8. The van der Waals surface area contributed by atoms with Gasteiger partial charge in [-0.05, 0) is 87.5 Å². The normalized spacial score (nSPS) is 16.5. The number of ketones is 1. The monoisotopic (exact) mass is 829 g/mol. The third-order valence-corrected chi connectivity index (χ3v) is 10.8. The van der Waals surface area contributed by atoms with Crippen LogP contribution in [0, 0.1) is 5.92 Å². The van der Waals surface area contributed by atoms with Crippen molar-refractivity contribution in [2.24, 2.45) is 22.4 Å². The maximum absolute atomic E-state index is 14.0. The molecule has 0 spiro atoms. The number of ether oxygens (including phenoxy) is 1. The highest BCUT2D eigenvalue weighted by atomic mass is 16.5. The fourth-order valence-corrected chi connectivity index (χ4v) is 7.69. The fourth-order valence-electron chi connectivity index (χ4n) is 7.69. The van der Waals surface area contributed by atoms with Gasteiger partial charge >= 0.3 is 12.1 Å². The Morgan fingerprint density at radius 1 is 0.917 bits per heavy atom. The third kappa shape index (κ3) is 13.0. The molecule has 2 aromatic rings. The molecular weight excluding hydrogens is 771 g/mol. The number of Topliss-reactive ketones (excluding diaryl/α,β-unsaturated/α-hetero) is 1. The van der Waals surface area contributed by atoms with Crippen molar-refractivity contribution < 1.29 is 43.7 Å². The molecule has 1 saturated heterocycles. The number of benzene rings is 2. The summed E-state index contributed by atoms with van der Waals surface area (Å²) in [6, 6.07) is 11.3. The predicted octanol–water partition coefficient (Wildman–Crippen LogP) is 3.27. The van der Waals surface area contributed by atoms with Crippen molar-refractivity contribution >= 4 is 41.5 Å². The van der Waals surface area contributed by atoms with Crippen molar-refractivity contribution in [1.82, 2.24) is 20.9 Å². The molecule has 4 rings (SSSR count). The predicted molar refractivity (Wildman–Crippen MR) is 226 cm³/mol. The Bertz CT molecular complexity index is 1880. The number of nitrogens with two attached hydrogens (primary N) is 2. The number of guanidine groups is 1. The molecule has 0 saturated carbocycles. The standard InChI is InChI=1S/C44H59N7O9/c1-5-13-34(50-43(58)60-26-32-30-18-9-7-16-28(30)29-17-8-10-19-31(29)32)40(55)51-24-12-20-36(51)39(54)48-33(21-22-44(3,4)59)37(52)25-27(15-11-23-47-42(45)46)38(53)49-35(14-6-2)41(56)57/h5-10,16-19,27,32-36,59H,1-2,11-15,20-26H2,3-4H3,(H,48,54)(H,49,53)(H,50,58)(H,56,57)(H4,45,46,47)/t27-,33+,34+,35+,36?/m1/s1. The molecule has 324 valence electrons. The van der Waals surface area contributed by atoms with Crippen molar-refractivity contribution in [2.45, 2.75) is 107 Å². The van der Waals surface area contributed by atoms with Crippen molar-refractivity contribution in [1.29, 1.82) is 0 Å². The second-order valence-electron chi connectivity index (χ2n) is 15.9. The number of carboxylic acids is 1. The molecule has 1 heterocycles. The van der Waals surface area contributed by atoms with E-state index < -0.39 is 71.3 Å². The molecule has 0 aromatic heterocycles. The first-order valence-electron chi connectivity index (χ1n) is 20.3. The van der Waals surface area contributed by atoms with Crippen LogP contribution in [0.1, 0.15) is 88.7 Å². The van der Waals surface area contributed by atoms with E-state index in [4.69, 9.17) is 16.2 Å². The van der Waals surface area contributed by atoms with Crippen LogP contribution >= 0.6 is 0 Å². The maximum atomic E-state index is 14.0. The number of carbonyl (C=O) groups excluding carboxylic acids is 5. The lowest BCUT2D eigenvalue weighted by atomic mass is 9.89. The van der Waals surface area contributed by atoms with Gasteiger partial charge in [-0.3, -0.25) is 24.2 Å². The number of hydrogen-bond donors (Lipinski definition) is 7. The van der Waals surface area contributed by atoms with Crippen LogP contribution in [0.3, 0.4) is 0 Å². The highest BCUT2D eigenvalue weighted by Crippen LogP contribution is 2.44. The number of carboxylic acid groups (broad SMARTS) is 1. The van der Waals surface area contributed by atoms with Crippen LogP contribution in [0.4, 0.5) is 4.79 Å². The summed E-state index contributed by atoms with van der Waals surface area (Å²) in [4.78, 5) is 85.8. The van der Waals surface area contributed by atoms with E-state index in [1.165, 1.54) is 17.1 Å². The molecule has 1 fully saturated rings. The van der Waals surface area contributed by atoms with E-state index in [9.17, 15) is 39.0 Å². The van der Waals surface area contributed by atoms with Gasteiger partial charge in [-0.1, -0.05) is 60.7 Å². The molecule has 4 amide bonds. The first kappa shape index (κ1) is 46.7. The number of fused-ring (bicyclic) bond motifs is 3. The fraction of sp³-hybridized carbons (Fsp3) is 0.477. The molecule has 0 radical (unpaired) electrons. The Morgan fingerprint density at radius 2 is 1.53 bits per heavy atom. The zero-order valence-electron chi connectivity index (χ0n) is 34.4. The minimum Gasteiger partial charge on any atom is -0.480 e. The molecule has 1 unspecified atom stereocenters. The molecule has 60 heavy (non-hydrogen) atoms. The SMILES string of the molecule is C=CC[C@H](NC(=O)[C@H](CCCN=C(N)N)CC(=O)[C@H](CCC(C)(C)O)NC(=O)C1CCCN1C(=O)[C@H](CC=C)NC(=O)OCC1c2ccccc2-c2ccccc21)C(=O)O. The number of hydrogen-bond acceptors (Lipinski definition) is 9. The number of carbonyl (C=O) groups is 6. The Hall–Kier alpha value is -6.03. The highest BCUT2D eigenvalue weighted by Gasteiger charge is 2.40. The van der Waals surface area contributed by atoms with Crippen molar-refractivity contribution in [3.8, 4) is 11.1 Å². The Kier molecular flexibility index (Phi) is 17.0. The van der Waals surface area contributed by atoms with Crippen LogP contribution in [0.2, 0.25) is 0 Å². The molecule has 16 heteroatoms. The lowest BCUT2D eigenvalue weighted by Gasteiger charge is -2.30. The van der Waals surface area contributed by atoms with Crippen LogP contribution in [0.15, 0.2) is 78.8 Å². The van der Waals surface area contributed by atoms with Gasteiger partial charge in [-0.25, -0.2) is 9.59 Å². The zero-order valence-corrected chi connectivity index (χ0v) is 34.4. The van der Waals surface area contributed by atoms with Crippen LogP contribution in [0.5, 0.6) is 0 Å². The third-order valence-electron chi connectivity index (χ3n) is 10.8. The van der Waals surface area contributed by atoms with Gasteiger partial charge in [-0.2, -0.15) is 0 Å². The van der Waals surface area contributed by atoms with Crippen molar-refractivity contribution in [2.75, 3.05) is 19.7 Å². The smallest absolute Gasteiger partial charge is 0.407 e. The molecule has 1 aliphatic carbocycles. The summed E-state index contributed by atoms with van der Waals surface area (Å²) in [7, 11) is 0. The summed E-state index contributed by atoms with van der Waals surface area (Å²) in [6.45, 7) is 10.8. The number of nitrogens with one attached hydrogen (secondary N) is 3. The average molecular weight is 830 g/mol. The number of alkyl carbamates (subject to hydrolysis) is 1. The van der Waals surface area contributed by atoms with E-state index in [2.05, 4.69) is 34.1 Å². The largest absolute Gasteiger partial charge is 0.480 e. The van der Waals surface area contributed by atoms with E-state index >= 15 is 0 Å². The topological polar surface area (TPSA) is 256 Å². The van der Waals surface area contributed by atoms with E-state index in [0.29, 0.717) is 6.42 Å². The van der Waals surface area contributed by atoms with E-state index in [-0.39, 0.29) is 82.9 Å². The number of likely N-dealkylation sites (tertiary alicyclic amines) is 1. The minimum absolute atomic E-state index is 0.00766. The summed E-state index contributed by atoms with van der Waals surface area (Å²) in [5.41, 5.74) is 13.9. The molecule has 5 atom stereocenters. The molecule has 2 aromatic carbocycles. The number of rotatable bonds is 23. The maximum Gasteiger partial charge on any atom is 0.407 e. The quantitative estimate of drug-likeness (QED) is 0.0370. The van der Waals surface area contributed by atoms with Crippen LogP contribution in [-0.2, 0) is 28.7 Å². The summed E-state index contributed by atoms with van der Waals surface area (Å²) >= 11 is 0. The molecule has 16 nitrogen and oxygen atoms in total. The summed E-state index contributed by atoms with van der Waals surface area (Å²) < 4.78 is 5.70. The van der Waals surface area contributed by atoms with Gasteiger partial charge in [-0.15, -0.1) is 13.2 Å². The van der Waals surface area contributed by atoms with Gasteiger partial charge in [0.05, 0.1) is 11.6 Å². The Labute approximate surface area is 350 Å². The van der Waals surface area contributed by atoms with Gasteiger partial charge in [0.25, 0.3) is 0 Å². The number of nitrogens with zero attached hydrogens (tertiary/aromatic N) is 2. The number of aliphatic carboxylic acids is 1.